The number of imidazole rings is 1. The Balaban J connectivity index is 0.00000274. The van der Waals surface area contributed by atoms with Crippen molar-refractivity contribution in [2.75, 3.05) is 22.9 Å². The van der Waals surface area contributed by atoms with Crippen LogP contribution in [0.4, 0.5) is 22.7 Å². The molecule has 0 fully saturated rings. The van der Waals surface area contributed by atoms with Crippen LogP contribution < -0.4 is 31.3 Å². The minimum Gasteiger partial charge on any atom is -1.00 e. The maximum absolute atomic E-state index is 13.2. The maximum Gasteiger partial charge on any atom is 0.277 e. The minimum absolute atomic E-state index is 0. The van der Waals surface area contributed by atoms with Crippen molar-refractivity contribution in [3.05, 3.63) is 89.0 Å². The van der Waals surface area contributed by atoms with Gasteiger partial charge in [0.05, 0.1) is 35.2 Å². The van der Waals surface area contributed by atoms with Crippen LogP contribution in [0.1, 0.15) is 17.3 Å². The lowest BCUT2D eigenvalue weighted by molar-refractivity contribution is -0.671. The third-order valence-electron chi connectivity index (χ3n) is 6.17. The van der Waals surface area contributed by atoms with Crippen molar-refractivity contribution in [3.8, 4) is 0 Å². The molecule has 0 radical (unpaired) electrons. The van der Waals surface area contributed by atoms with Gasteiger partial charge >= 0.3 is 0 Å². The molecule has 174 valence electrons. The molecule has 0 N–H and O–H groups in total. The van der Waals surface area contributed by atoms with Crippen molar-refractivity contribution < 1.29 is 31.3 Å². The van der Waals surface area contributed by atoms with Gasteiger partial charge in [0.25, 0.3) is 11.6 Å². The minimum atomic E-state index is -0.405. The second-order valence-electron chi connectivity index (χ2n) is 8.14. The lowest BCUT2D eigenvalue weighted by Crippen LogP contribution is -3.00. The van der Waals surface area contributed by atoms with Crippen molar-refractivity contribution in [2.45, 2.75) is 13.5 Å². The number of halogens is 1. The lowest BCUT2D eigenvalue weighted by Gasteiger charge is -2.24. The first-order valence-corrected chi connectivity index (χ1v) is 10.9. The zero-order valence-electron chi connectivity index (χ0n) is 18.9. The molecule has 1 aromatic heterocycles. The van der Waals surface area contributed by atoms with Crippen LogP contribution in [0.15, 0.2) is 73.3 Å². The number of nitro benzene ring substituents is 1. The molecule has 0 spiro atoms. The standard InChI is InChI=1S/C25H24N5O3.BrH/c1-3-28(16-15-27-14-13-26(2)17-27)18-7-9-19(10-8-18)29-23-12-11-22(30(32)33)20-5-4-6-21(24(20)23)25(29)31;/h4-14,17H,3,15-16H2,1-2H3;1H/q+1;/p-1. The molecule has 1 aliphatic rings. The van der Waals surface area contributed by atoms with E-state index in [-0.39, 0.29) is 28.6 Å². The van der Waals surface area contributed by atoms with Gasteiger partial charge in [-0.1, -0.05) is 6.07 Å². The van der Waals surface area contributed by atoms with Gasteiger partial charge in [0, 0.05) is 29.4 Å². The summed E-state index contributed by atoms with van der Waals surface area (Å²) in [6.45, 7) is 4.72. The van der Waals surface area contributed by atoms with Crippen molar-refractivity contribution in [1.29, 1.82) is 0 Å². The van der Waals surface area contributed by atoms with Crippen LogP contribution in [0.2, 0.25) is 0 Å². The summed E-state index contributed by atoms with van der Waals surface area (Å²) in [4.78, 5) is 28.2. The summed E-state index contributed by atoms with van der Waals surface area (Å²) in [7, 11) is 2.00. The molecule has 5 rings (SSSR count). The van der Waals surface area contributed by atoms with Crippen LogP contribution in [0.3, 0.4) is 0 Å². The zero-order valence-corrected chi connectivity index (χ0v) is 20.5. The number of amides is 1. The number of likely N-dealkylation sites (N-methyl/N-ethyl adjacent to an activating group) is 1. The molecular formula is C25H24BrN5O3. The number of rotatable bonds is 7. The number of aromatic nitrogens is 2. The normalized spacial score (nSPS) is 12.2. The van der Waals surface area contributed by atoms with Crippen LogP contribution in [-0.2, 0) is 13.6 Å². The zero-order chi connectivity index (χ0) is 23.1. The van der Waals surface area contributed by atoms with Gasteiger partial charge in [-0.2, -0.15) is 0 Å². The van der Waals surface area contributed by atoms with Gasteiger partial charge in [-0.25, -0.2) is 9.13 Å². The van der Waals surface area contributed by atoms with E-state index in [1.165, 1.54) is 6.07 Å². The van der Waals surface area contributed by atoms with Crippen molar-refractivity contribution in [3.63, 3.8) is 0 Å². The molecule has 34 heavy (non-hydrogen) atoms. The van der Waals surface area contributed by atoms with Crippen molar-refractivity contribution >= 4 is 39.4 Å². The Bertz CT molecular complexity index is 1380. The average Bonchev–Trinajstić information content (AvgIpc) is 3.36. The second kappa shape index (κ2) is 9.26. The number of carbonyl (C=O) groups excluding carboxylic acids is 1. The fourth-order valence-electron chi connectivity index (χ4n) is 4.54. The van der Waals surface area contributed by atoms with E-state index in [4.69, 9.17) is 0 Å². The highest BCUT2D eigenvalue weighted by Crippen LogP contribution is 2.44. The van der Waals surface area contributed by atoms with E-state index >= 15 is 0 Å². The molecule has 2 heterocycles. The first-order chi connectivity index (χ1) is 16.0. The number of nitro groups is 1. The second-order valence-corrected chi connectivity index (χ2v) is 8.14. The van der Waals surface area contributed by atoms with Crippen LogP contribution >= 0.6 is 0 Å². The summed E-state index contributed by atoms with van der Waals surface area (Å²) >= 11 is 0. The number of non-ortho nitro benzene ring substituents is 1. The highest BCUT2D eigenvalue weighted by atomic mass is 79.9. The molecule has 9 heteroatoms. The van der Waals surface area contributed by atoms with Crippen LogP contribution in [-0.4, -0.2) is 28.5 Å². The third kappa shape index (κ3) is 3.92. The van der Waals surface area contributed by atoms with Gasteiger partial charge in [-0.05, 0) is 49.4 Å². The highest BCUT2D eigenvalue weighted by molar-refractivity contribution is 6.28. The number of benzene rings is 3. The Morgan fingerprint density at radius 2 is 1.85 bits per heavy atom. The number of anilines is 3. The predicted octanol–water partition coefficient (Wildman–Crippen LogP) is 1.20. The smallest absolute Gasteiger partial charge is 0.277 e. The van der Waals surface area contributed by atoms with E-state index in [0.29, 0.717) is 22.0 Å². The van der Waals surface area contributed by atoms with E-state index in [2.05, 4.69) is 28.9 Å². The van der Waals surface area contributed by atoms with E-state index in [0.717, 1.165) is 31.0 Å². The first kappa shape index (κ1) is 23.4. The summed E-state index contributed by atoms with van der Waals surface area (Å²) in [6.07, 6.45) is 6.13. The number of aryl methyl sites for hydroxylation is 1. The summed E-state index contributed by atoms with van der Waals surface area (Å²) in [5.74, 6) is -0.170. The molecule has 8 nitrogen and oxygen atoms in total. The SMILES string of the molecule is CCN(CCn1cc[n+](C)c1)c1ccc(N2C(=O)c3cccc4c([N+](=O)[O-])ccc2c34)cc1.[Br-]. The third-order valence-corrected chi connectivity index (χ3v) is 6.17. The van der Waals surface area contributed by atoms with Gasteiger partial charge < -0.3 is 21.9 Å². The van der Waals surface area contributed by atoms with Gasteiger partial charge in [0.2, 0.25) is 6.33 Å². The van der Waals surface area contributed by atoms with Crippen molar-refractivity contribution in [1.82, 2.24) is 4.57 Å². The molecule has 0 saturated carbocycles. The maximum atomic E-state index is 13.2. The molecule has 0 bridgehead atoms. The van der Waals surface area contributed by atoms with Crippen LogP contribution in [0.25, 0.3) is 10.8 Å². The quantitative estimate of drug-likeness (QED) is 0.208. The summed E-state index contributed by atoms with van der Waals surface area (Å²) < 4.78 is 4.17. The molecule has 1 aliphatic heterocycles. The van der Waals surface area contributed by atoms with Gasteiger partial charge in [0.15, 0.2) is 0 Å². The predicted molar refractivity (Wildman–Crippen MR) is 127 cm³/mol. The molecule has 0 aliphatic carbocycles. The molecule has 3 aromatic carbocycles. The Hall–Kier alpha value is -3.72. The van der Waals surface area contributed by atoms with E-state index in [9.17, 15) is 14.9 Å². The average molecular weight is 522 g/mol. The van der Waals surface area contributed by atoms with E-state index in [1.807, 2.05) is 42.1 Å². The van der Waals surface area contributed by atoms with Crippen LogP contribution in [0, 0.1) is 10.1 Å². The molecular weight excluding hydrogens is 498 g/mol. The molecule has 0 saturated heterocycles. The Labute approximate surface area is 207 Å². The van der Waals surface area contributed by atoms with Crippen molar-refractivity contribution in [2.24, 2.45) is 7.05 Å². The molecule has 4 aromatic rings. The van der Waals surface area contributed by atoms with Crippen LogP contribution in [0.5, 0.6) is 0 Å². The summed E-state index contributed by atoms with van der Waals surface area (Å²) in [5.41, 5.74) is 3.00. The molecule has 1 amide bonds. The largest absolute Gasteiger partial charge is 1.00 e. The summed E-state index contributed by atoms with van der Waals surface area (Å²) in [5, 5.41) is 12.6. The number of carbonyl (C=O) groups is 1. The highest BCUT2D eigenvalue weighted by Gasteiger charge is 2.33. The lowest BCUT2D eigenvalue weighted by atomic mass is 10.0. The molecule has 0 unspecified atom stereocenters. The van der Waals surface area contributed by atoms with Gasteiger partial charge in [-0.15, -0.1) is 0 Å². The number of hydrogen-bond acceptors (Lipinski definition) is 4. The van der Waals surface area contributed by atoms with E-state index in [1.54, 1.807) is 29.2 Å². The Morgan fingerprint density at radius 3 is 2.50 bits per heavy atom. The number of nitrogens with zero attached hydrogens (tertiary/aromatic N) is 5. The molecule has 0 atom stereocenters. The number of hydrogen-bond donors (Lipinski definition) is 0. The van der Waals surface area contributed by atoms with Gasteiger partial charge in [-0.3, -0.25) is 19.8 Å². The van der Waals surface area contributed by atoms with Gasteiger partial charge in [0.1, 0.15) is 18.9 Å². The summed E-state index contributed by atoms with van der Waals surface area (Å²) in [6, 6.07) is 16.2. The Kier molecular flexibility index (Phi) is 6.39. The fraction of sp³-hybridized carbons (Fsp3) is 0.200. The topological polar surface area (TPSA) is 75.5 Å². The monoisotopic (exact) mass is 521 g/mol. The Morgan fingerprint density at radius 1 is 1.09 bits per heavy atom. The fourth-order valence-corrected chi connectivity index (χ4v) is 4.54. The van der Waals surface area contributed by atoms with E-state index < -0.39 is 4.92 Å². The first-order valence-electron chi connectivity index (χ1n) is 10.9.